The minimum absolute atomic E-state index is 0.210. The lowest BCUT2D eigenvalue weighted by Crippen LogP contribution is -2.19. The van der Waals surface area contributed by atoms with E-state index in [-0.39, 0.29) is 6.04 Å². The van der Waals surface area contributed by atoms with Crippen LogP contribution in [-0.2, 0) is 0 Å². The predicted octanol–water partition coefficient (Wildman–Crippen LogP) is 3.41. The number of nitrogens with one attached hydrogen (secondary N) is 2. The predicted molar refractivity (Wildman–Crippen MR) is 76.0 cm³/mol. The van der Waals surface area contributed by atoms with Crippen LogP contribution in [0, 0.1) is 0 Å². The van der Waals surface area contributed by atoms with Crippen LogP contribution in [0.1, 0.15) is 18.5 Å². The second-order valence-corrected chi connectivity index (χ2v) is 4.77. The summed E-state index contributed by atoms with van der Waals surface area (Å²) < 4.78 is 0. The molecule has 1 aromatic heterocycles. The number of benzene rings is 1. The van der Waals surface area contributed by atoms with E-state index in [1.807, 2.05) is 35.7 Å². The van der Waals surface area contributed by atoms with Crippen molar-refractivity contribution >= 4 is 28.7 Å². The molecule has 2 aromatic rings. The van der Waals surface area contributed by atoms with Crippen molar-refractivity contribution in [3.8, 4) is 0 Å². The molecule has 0 saturated heterocycles. The lowest BCUT2D eigenvalue weighted by molar-refractivity contribution is 0.259. The van der Waals surface area contributed by atoms with Crippen LogP contribution in [0.2, 0.25) is 0 Å². The lowest BCUT2D eigenvalue weighted by Gasteiger charge is -2.15. The molecule has 5 heteroatoms. The van der Waals surface area contributed by atoms with Gasteiger partial charge in [0.15, 0.2) is 0 Å². The molecule has 1 atom stereocenters. The molecule has 18 heavy (non-hydrogen) atoms. The van der Waals surface area contributed by atoms with Gasteiger partial charge in [0.1, 0.15) is 0 Å². The van der Waals surface area contributed by atoms with Crippen LogP contribution >= 0.6 is 11.3 Å². The van der Waals surface area contributed by atoms with Gasteiger partial charge >= 0.3 is 6.03 Å². The molecule has 0 spiro atoms. The van der Waals surface area contributed by atoms with Gasteiger partial charge in [-0.05, 0) is 36.1 Å². The van der Waals surface area contributed by atoms with E-state index in [0.717, 1.165) is 11.3 Å². The van der Waals surface area contributed by atoms with Gasteiger partial charge in [-0.15, -0.1) is 0 Å². The number of carbonyl (C=O) groups excluding carboxylic acids is 1. The zero-order chi connectivity index (χ0) is 13.0. The van der Waals surface area contributed by atoms with Gasteiger partial charge in [-0.2, -0.15) is 11.3 Å². The fourth-order valence-electron chi connectivity index (χ4n) is 1.68. The Hall–Kier alpha value is -2.01. The summed E-state index contributed by atoms with van der Waals surface area (Å²) in [6.45, 7) is 2.09. The topological polar surface area (TPSA) is 67.2 Å². The van der Waals surface area contributed by atoms with Gasteiger partial charge in [0, 0.05) is 22.8 Å². The number of nitrogens with two attached hydrogens (primary N) is 1. The first kappa shape index (κ1) is 12.4. The summed E-state index contributed by atoms with van der Waals surface area (Å²) in [4.78, 5) is 10.7. The van der Waals surface area contributed by atoms with Crippen LogP contribution in [0.15, 0.2) is 41.1 Å². The number of rotatable bonds is 4. The normalized spacial score (nSPS) is 11.8. The Morgan fingerprint density at radius 2 is 1.94 bits per heavy atom. The highest BCUT2D eigenvalue weighted by Gasteiger charge is 2.05. The molecule has 94 valence electrons. The zero-order valence-corrected chi connectivity index (χ0v) is 10.8. The van der Waals surface area contributed by atoms with Crippen molar-refractivity contribution in [2.24, 2.45) is 5.73 Å². The van der Waals surface area contributed by atoms with E-state index in [2.05, 4.69) is 22.9 Å². The minimum Gasteiger partial charge on any atom is -0.378 e. The Morgan fingerprint density at radius 3 is 2.50 bits per heavy atom. The van der Waals surface area contributed by atoms with E-state index in [4.69, 9.17) is 5.73 Å². The molecule has 4 nitrogen and oxygen atoms in total. The Bertz CT molecular complexity index is 508. The smallest absolute Gasteiger partial charge is 0.316 e. The van der Waals surface area contributed by atoms with E-state index in [9.17, 15) is 4.79 Å². The highest BCUT2D eigenvalue weighted by atomic mass is 32.1. The van der Waals surface area contributed by atoms with Crippen LogP contribution in [0.5, 0.6) is 0 Å². The Kier molecular flexibility index (Phi) is 3.84. The van der Waals surface area contributed by atoms with Crippen LogP contribution in [0.25, 0.3) is 0 Å². The average Bonchev–Trinajstić information content (AvgIpc) is 2.82. The third kappa shape index (κ3) is 3.24. The van der Waals surface area contributed by atoms with E-state index in [1.54, 1.807) is 11.3 Å². The van der Waals surface area contributed by atoms with Gasteiger partial charge in [-0.1, -0.05) is 12.1 Å². The molecule has 4 N–H and O–H groups in total. The van der Waals surface area contributed by atoms with Crippen molar-refractivity contribution in [1.82, 2.24) is 0 Å². The summed E-state index contributed by atoms with van der Waals surface area (Å²) in [5, 5.41) is 10.0. The lowest BCUT2D eigenvalue weighted by atomic mass is 10.1. The number of urea groups is 1. The first-order valence-corrected chi connectivity index (χ1v) is 6.54. The average molecular weight is 261 g/mol. The quantitative estimate of drug-likeness (QED) is 0.789. The third-order valence-corrected chi connectivity index (χ3v) is 3.27. The molecule has 0 aliphatic rings. The number of thiophene rings is 1. The van der Waals surface area contributed by atoms with Gasteiger partial charge in [0.25, 0.3) is 0 Å². The van der Waals surface area contributed by atoms with Crippen molar-refractivity contribution in [3.05, 3.63) is 46.7 Å². The van der Waals surface area contributed by atoms with E-state index >= 15 is 0 Å². The van der Waals surface area contributed by atoms with E-state index < -0.39 is 6.03 Å². The molecule has 0 bridgehead atoms. The number of hydrogen-bond acceptors (Lipinski definition) is 3. The maximum atomic E-state index is 10.7. The SMILES string of the molecule is CC(Nc1ccsc1)c1ccc(NC(N)=O)cc1. The fourth-order valence-corrected chi connectivity index (χ4v) is 2.27. The van der Waals surface area contributed by atoms with Gasteiger partial charge in [-0.25, -0.2) is 4.79 Å². The molecule has 0 aliphatic carbocycles. The molecular weight excluding hydrogens is 246 g/mol. The maximum absolute atomic E-state index is 10.7. The van der Waals surface area contributed by atoms with Crippen molar-refractivity contribution in [1.29, 1.82) is 0 Å². The van der Waals surface area contributed by atoms with E-state index in [0.29, 0.717) is 5.69 Å². The summed E-state index contributed by atoms with van der Waals surface area (Å²) >= 11 is 1.66. The second-order valence-electron chi connectivity index (χ2n) is 3.99. The van der Waals surface area contributed by atoms with Crippen molar-refractivity contribution in [2.75, 3.05) is 10.6 Å². The molecule has 1 heterocycles. The minimum atomic E-state index is -0.549. The van der Waals surface area contributed by atoms with Gasteiger partial charge in [0.2, 0.25) is 0 Å². The molecule has 0 fully saturated rings. The Balaban J connectivity index is 2.02. The summed E-state index contributed by atoms with van der Waals surface area (Å²) in [6.07, 6.45) is 0. The molecule has 2 amide bonds. The van der Waals surface area contributed by atoms with Crippen molar-refractivity contribution in [2.45, 2.75) is 13.0 Å². The zero-order valence-electron chi connectivity index (χ0n) is 10.0. The monoisotopic (exact) mass is 261 g/mol. The summed E-state index contributed by atoms with van der Waals surface area (Å²) in [5.74, 6) is 0. The van der Waals surface area contributed by atoms with E-state index in [1.165, 1.54) is 0 Å². The summed E-state index contributed by atoms with van der Waals surface area (Å²) in [5.41, 5.74) is 8.02. The first-order chi connectivity index (χ1) is 8.65. The number of carbonyl (C=O) groups is 1. The molecule has 1 aromatic carbocycles. The standard InChI is InChI=1S/C13H15N3OS/c1-9(15-12-6-7-18-8-12)10-2-4-11(5-3-10)16-13(14)17/h2-9,15H,1H3,(H3,14,16,17). The van der Waals surface area contributed by atoms with Crippen molar-refractivity contribution < 1.29 is 4.79 Å². The van der Waals surface area contributed by atoms with Crippen LogP contribution in [-0.4, -0.2) is 6.03 Å². The molecule has 0 saturated carbocycles. The van der Waals surface area contributed by atoms with Crippen molar-refractivity contribution in [3.63, 3.8) is 0 Å². The number of hydrogen-bond donors (Lipinski definition) is 3. The largest absolute Gasteiger partial charge is 0.378 e. The van der Waals surface area contributed by atoms with Crippen LogP contribution < -0.4 is 16.4 Å². The number of primary amides is 1. The molecular formula is C13H15N3OS. The molecule has 2 rings (SSSR count). The molecule has 0 aliphatic heterocycles. The van der Waals surface area contributed by atoms with Crippen LogP contribution in [0.3, 0.4) is 0 Å². The third-order valence-electron chi connectivity index (χ3n) is 2.58. The summed E-state index contributed by atoms with van der Waals surface area (Å²) in [7, 11) is 0. The highest BCUT2D eigenvalue weighted by molar-refractivity contribution is 7.08. The van der Waals surface area contributed by atoms with Crippen LogP contribution in [0.4, 0.5) is 16.2 Å². The van der Waals surface area contributed by atoms with Gasteiger partial charge in [0.05, 0.1) is 0 Å². The molecule has 1 unspecified atom stereocenters. The number of anilines is 2. The van der Waals surface area contributed by atoms with Gasteiger partial charge < -0.3 is 16.4 Å². The molecule has 0 radical (unpaired) electrons. The maximum Gasteiger partial charge on any atom is 0.316 e. The Labute approximate surface area is 110 Å². The second kappa shape index (κ2) is 5.55. The summed E-state index contributed by atoms with van der Waals surface area (Å²) in [6, 6.07) is 9.32. The number of amides is 2. The highest BCUT2D eigenvalue weighted by Crippen LogP contribution is 2.22. The fraction of sp³-hybridized carbons (Fsp3) is 0.154. The first-order valence-electron chi connectivity index (χ1n) is 5.60. The van der Waals surface area contributed by atoms with Gasteiger partial charge in [-0.3, -0.25) is 0 Å². The Morgan fingerprint density at radius 1 is 1.22 bits per heavy atom.